The van der Waals surface area contributed by atoms with E-state index in [9.17, 15) is 30.0 Å². The Morgan fingerprint density at radius 1 is 0.864 bits per heavy atom. The summed E-state index contributed by atoms with van der Waals surface area (Å²) in [5, 5.41) is 40.2. The fourth-order valence-electron chi connectivity index (χ4n) is 5.30. The van der Waals surface area contributed by atoms with Crippen molar-refractivity contribution in [3.63, 3.8) is 0 Å². The molecule has 9 nitrogen and oxygen atoms in total. The van der Waals surface area contributed by atoms with E-state index in [1.165, 1.54) is 38.5 Å². The summed E-state index contributed by atoms with van der Waals surface area (Å²) >= 11 is 0. The summed E-state index contributed by atoms with van der Waals surface area (Å²) in [5.74, 6) is -1.05. The zero-order chi connectivity index (χ0) is 32.4. The van der Waals surface area contributed by atoms with E-state index < -0.39 is 43.3 Å². The molecule has 0 bridgehead atoms. The Hall–Kier alpha value is -1.78. The molecule has 0 aliphatic carbocycles. The van der Waals surface area contributed by atoms with Gasteiger partial charge in [-0.25, -0.2) is 0 Å². The molecule has 0 aromatic rings. The molecule has 0 amide bonds. The highest BCUT2D eigenvalue weighted by Gasteiger charge is 2.35. The molecule has 0 saturated carbocycles. The number of esters is 2. The smallest absolute Gasteiger partial charge is 0.306 e. The Bertz CT molecular complexity index is 784. The highest BCUT2D eigenvalue weighted by molar-refractivity contribution is 5.70. The van der Waals surface area contributed by atoms with E-state index >= 15 is 0 Å². The number of aliphatic hydroxyl groups excluding tert-OH is 4. The molecule has 1 aliphatic heterocycles. The first-order chi connectivity index (χ1) is 21.3. The van der Waals surface area contributed by atoms with Crippen LogP contribution < -0.4 is 0 Å². The van der Waals surface area contributed by atoms with Crippen molar-refractivity contribution in [2.24, 2.45) is 5.92 Å². The number of hydrogen-bond acceptors (Lipinski definition) is 9. The lowest BCUT2D eigenvalue weighted by Gasteiger charge is -2.36. The van der Waals surface area contributed by atoms with Gasteiger partial charge in [-0.3, -0.25) is 9.59 Å². The van der Waals surface area contributed by atoms with Gasteiger partial charge in [-0.1, -0.05) is 109 Å². The van der Waals surface area contributed by atoms with Crippen molar-refractivity contribution in [1.29, 1.82) is 0 Å². The molecule has 0 radical (unpaired) electrons. The maximum atomic E-state index is 12.2. The number of hydrogen-bond donors (Lipinski definition) is 4. The van der Waals surface area contributed by atoms with Gasteiger partial charge in [0.05, 0.1) is 24.9 Å². The molecular formula is C35H62O9. The van der Waals surface area contributed by atoms with E-state index in [1.807, 2.05) is 12.2 Å². The van der Waals surface area contributed by atoms with Crippen molar-refractivity contribution in [2.45, 2.75) is 167 Å². The van der Waals surface area contributed by atoms with E-state index in [0.717, 1.165) is 38.5 Å². The second-order valence-electron chi connectivity index (χ2n) is 12.1. The fourth-order valence-corrected chi connectivity index (χ4v) is 5.30. The molecule has 4 N–H and O–H groups in total. The minimum atomic E-state index is -1.05. The van der Waals surface area contributed by atoms with Crippen LogP contribution >= 0.6 is 0 Å². The molecule has 256 valence electrons. The van der Waals surface area contributed by atoms with E-state index in [4.69, 9.17) is 14.2 Å². The predicted molar refractivity (Wildman–Crippen MR) is 172 cm³/mol. The molecule has 0 spiro atoms. The first-order valence-corrected chi connectivity index (χ1v) is 17.3. The molecule has 6 atom stereocenters. The average Bonchev–Trinajstić information content (AvgIpc) is 2.99. The highest BCUT2D eigenvalue weighted by Crippen LogP contribution is 2.29. The second-order valence-corrected chi connectivity index (χ2v) is 12.1. The third kappa shape index (κ3) is 20.3. The largest absolute Gasteiger partial charge is 0.462 e. The van der Waals surface area contributed by atoms with Crippen LogP contribution in [0.4, 0.5) is 0 Å². The van der Waals surface area contributed by atoms with Gasteiger partial charge in [0.15, 0.2) is 12.4 Å². The first kappa shape index (κ1) is 40.2. The molecule has 1 saturated heterocycles. The van der Waals surface area contributed by atoms with Crippen LogP contribution in [0.3, 0.4) is 0 Å². The van der Waals surface area contributed by atoms with Crippen molar-refractivity contribution < 1.29 is 44.2 Å². The van der Waals surface area contributed by atoms with Gasteiger partial charge >= 0.3 is 11.9 Å². The van der Waals surface area contributed by atoms with Crippen molar-refractivity contribution in [3.8, 4) is 0 Å². The van der Waals surface area contributed by atoms with Crippen LogP contribution in [0, 0.1) is 5.92 Å². The van der Waals surface area contributed by atoms with E-state index in [-0.39, 0.29) is 31.3 Å². The minimum absolute atomic E-state index is 0.133. The topological polar surface area (TPSA) is 143 Å². The van der Waals surface area contributed by atoms with Gasteiger partial charge < -0.3 is 34.6 Å². The summed E-state index contributed by atoms with van der Waals surface area (Å²) < 4.78 is 16.1. The quantitative estimate of drug-likeness (QED) is 0.0512. The zero-order valence-corrected chi connectivity index (χ0v) is 27.5. The Morgan fingerprint density at radius 2 is 1.50 bits per heavy atom. The van der Waals surface area contributed by atoms with Crippen LogP contribution in [0.1, 0.15) is 136 Å². The average molecular weight is 627 g/mol. The van der Waals surface area contributed by atoms with Crippen molar-refractivity contribution in [2.75, 3.05) is 13.2 Å². The zero-order valence-electron chi connectivity index (χ0n) is 27.5. The Kier molecular flexibility index (Phi) is 24.2. The van der Waals surface area contributed by atoms with Crippen molar-refractivity contribution in [1.82, 2.24) is 0 Å². The van der Waals surface area contributed by atoms with Gasteiger partial charge in [0.1, 0.15) is 6.61 Å². The molecule has 1 aliphatic rings. The maximum absolute atomic E-state index is 12.2. The summed E-state index contributed by atoms with van der Waals surface area (Å²) in [5.41, 5.74) is 0. The third-order valence-electron chi connectivity index (χ3n) is 8.04. The monoisotopic (exact) mass is 626 g/mol. The lowest BCUT2D eigenvalue weighted by molar-refractivity contribution is -0.199. The van der Waals surface area contributed by atoms with Gasteiger partial charge in [-0.05, 0) is 32.1 Å². The Labute approximate surface area is 266 Å². The number of rotatable bonds is 26. The molecule has 0 aromatic heterocycles. The number of aliphatic hydroxyl groups is 4. The lowest BCUT2D eigenvalue weighted by Crippen LogP contribution is -2.43. The first-order valence-electron chi connectivity index (χ1n) is 17.3. The van der Waals surface area contributed by atoms with Gasteiger partial charge in [-0.2, -0.15) is 0 Å². The molecular weight excluding hydrogens is 564 g/mol. The van der Waals surface area contributed by atoms with Gasteiger partial charge in [0.2, 0.25) is 0 Å². The summed E-state index contributed by atoms with van der Waals surface area (Å²) in [6.07, 6.45) is 20.1. The normalized spacial score (nSPS) is 22.0. The van der Waals surface area contributed by atoms with Crippen LogP contribution in [-0.2, 0) is 23.8 Å². The fraction of sp³-hybridized carbons (Fsp3) is 0.829. The van der Waals surface area contributed by atoms with Crippen LogP contribution in [0.2, 0.25) is 0 Å². The summed E-state index contributed by atoms with van der Waals surface area (Å²) in [4.78, 5) is 24.2. The highest BCUT2D eigenvalue weighted by atomic mass is 16.6. The summed E-state index contributed by atoms with van der Waals surface area (Å²) in [6.45, 7) is 3.76. The molecule has 1 unspecified atom stereocenters. The molecule has 44 heavy (non-hydrogen) atoms. The summed E-state index contributed by atoms with van der Waals surface area (Å²) in [6, 6.07) is 0. The second kappa shape index (κ2) is 26.4. The molecule has 1 rings (SSSR count). The molecule has 9 heteroatoms. The summed E-state index contributed by atoms with van der Waals surface area (Å²) in [7, 11) is 0. The molecule has 1 heterocycles. The molecule has 1 fully saturated rings. The van der Waals surface area contributed by atoms with Crippen molar-refractivity contribution in [3.05, 3.63) is 24.3 Å². The number of carbonyl (C=O) groups is 2. The van der Waals surface area contributed by atoms with Gasteiger partial charge in [-0.15, -0.1) is 0 Å². The standard InChI is InChI=1S/C35H62O9/c1-3-5-7-8-9-10-11-12-17-21-33(39)42-27-29(26-36)43-34(40)22-18-14-13-16-20-30-31(38)25-35(41)44-32(30)24-23-28(37)19-15-6-4-2/h13,16,23-24,28-32,35-38,41H,3-12,14-15,17-22,25-27H2,1-2H3/b16-13-,24-23+/t28-,29-,30-,31-,32+,35?/m0/s1. The number of allylic oxidation sites excluding steroid dienone is 2. The SMILES string of the molecule is CCCCCCCCCCCC(=O)OC[C@H](CO)OC(=O)CCC/C=C\C[C@H]1[C@@H](O)CC(O)O[C@@H]1/C=C/[C@@H](O)CCCCC. The van der Waals surface area contributed by atoms with Gasteiger partial charge in [0.25, 0.3) is 0 Å². The van der Waals surface area contributed by atoms with E-state index in [1.54, 1.807) is 12.2 Å². The van der Waals surface area contributed by atoms with Crippen LogP contribution in [0.5, 0.6) is 0 Å². The van der Waals surface area contributed by atoms with E-state index in [2.05, 4.69) is 13.8 Å². The number of ether oxygens (including phenoxy) is 3. The lowest BCUT2D eigenvalue weighted by atomic mass is 9.87. The van der Waals surface area contributed by atoms with Gasteiger partial charge in [0, 0.05) is 25.2 Å². The van der Waals surface area contributed by atoms with Crippen LogP contribution in [-0.4, -0.2) is 76.3 Å². The third-order valence-corrected chi connectivity index (χ3v) is 8.04. The van der Waals surface area contributed by atoms with Crippen LogP contribution in [0.25, 0.3) is 0 Å². The van der Waals surface area contributed by atoms with E-state index in [0.29, 0.717) is 32.1 Å². The van der Waals surface area contributed by atoms with Crippen molar-refractivity contribution >= 4 is 11.9 Å². The number of unbranched alkanes of at least 4 members (excludes halogenated alkanes) is 11. The minimum Gasteiger partial charge on any atom is -0.462 e. The molecule has 0 aromatic carbocycles. The predicted octanol–water partition coefficient (Wildman–Crippen LogP) is 6.05. The maximum Gasteiger partial charge on any atom is 0.306 e. The Balaban J connectivity index is 2.26. The van der Waals surface area contributed by atoms with Crippen LogP contribution in [0.15, 0.2) is 24.3 Å². The Morgan fingerprint density at radius 3 is 2.18 bits per heavy atom. The number of carbonyl (C=O) groups excluding carboxylic acids is 2.